The summed E-state index contributed by atoms with van der Waals surface area (Å²) in [5.41, 5.74) is 6.96. The lowest BCUT2D eigenvalue weighted by molar-refractivity contribution is 0.575. The third kappa shape index (κ3) is 3.79. The van der Waals surface area contributed by atoms with Crippen LogP contribution in [0, 0.1) is 0 Å². The van der Waals surface area contributed by atoms with E-state index in [0.717, 1.165) is 12.8 Å². The smallest absolute Gasteiger partial charge is 0.260 e. The van der Waals surface area contributed by atoms with Gasteiger partial charge in [0.1, 0.15) is 0 Å². The number of aryl methyl sites for hydroxylation is 1. The number of pyridine rings is 1. The van der Waals surface area contributed by atoms with Crippen LogP contribution in [0.2, 0.25) is 0 Å². The zero-order valence-corrected chi connectivity index (χ0v) is 11.8. The van der Waals surface area contributed by atoms with E-state index < -0.39 is 10.0 Å². The van der Waals surface area contributed by atoms with Gasteiger partial charge in [-0.1, -0.05) is 30.3 Å². The standard InChI is InChI=1S/C14H17N3O2S/c15-13-9-5-10-16-14(13)20(18,19)17-11-4-8-12-6-2-1-3-7-12/h1-3,5-7,9-10,17H,4,8,11,15H2. The fourth-order valence-corrected chi connectivity index (χ4v) is 2.97. The molecule has 0 fully saturated rings. The van der Waals surface area contributed by atoms with E-state index in [2.05, 4.69) is 9.71 Å². The van der Waals surface area contributed by atoms with Crippen molar-refractivity contribution in [1.29, 1.82) is 0 Å². The third-order valence-electron chi connectivity index (χ3n) is 2.83. The first-order valence-electron chi connectivity index (χ1n) is 6.34. The first kappa shape index (κ1) is 14.5. The Kier molecular flexibility index (Phi) is 4.70. The lowest BCUT2D eigenvalue weighted by atomic mass is 10.1. The Morgan fingerprint density at radius 1 is 1.10 bits per heavy atom. The molecule has 5 nitrogen and oxygen atoms in total. The summed E-state index contributed by atoms with van der Waals surface area (Å²) in [5, 5.41) is -0.111. The van der Waals surface area contributed by atoms with Crippen LogP contribution in [-0.4, -0.2) is 19.9 Å². The molecule has 0 saturated heterocycles. The van der Waals surface area contributed by atoms with Gasteiger partial charge in [-0.2, -0.15) is 0 Å². The molecule has 106 valence electrons. The van der Waals surface area contributed by atoms with E-state index in [-0.39, 0.29) is 10.7 Å². The lowest BCUT2D eigenvalue weighted by Gasteiger charge is -2.07. The van der Waals surface area contributed by atoms with Crippen molar-refractivity contribution in [3.8, 4) is 0 Å². The number of hydrogen-bond acceptors (Lipinski definition) is 4. The molecule has 0 atom stereocenters. The molecule has 0 amide bonds. The van der Waals surface area contributed by atoms with E-state index >= 15 is 0 Å². The van der Waals surface area contributed by atoms with E-state index in [9.17, 15) is 8.42 Å². The molecule has 1 aromatic heterocycles. The number of hydrogen-bond donors (Lipinski definition) is 2. The summed E-state index contributed by atoms with van der Waals surface area (Å²) >= 11 is 0. The van der Waals surface area contributed by atoms with Crippen LogP contribution in [0.25, 0.3) is 0 Å². The molecular formula is C14H17N3O2S. The van der Waals surface area contributed by atoms with Crippen molar-refractivity contribution in [2.24, 2.45) is 0 Å². The molecule has 0 aliphatic rings. The van der Waals surface area contributed by atoms with Crippen LogP contribution in [0.5, 0.6) is 0 Å². The van der Waals surface area contributed by atoms with E-state index in [4.69, 9.17) is 5.73 Å². The van der Waals surface area contributed by atoms with Crippen molar-refractivity contribution >= 4 is 15.7 Å². The van der Waals surface area contributed by atoms with Crippen LogP contribution in [0.1, 0.15) is 12.0 Å². The Labute approximate surface area is 118 Å². The minimum absolute atomic E-state index is 0.111. The molecule has 1 aromatic carbocycles. The molecule has 3 N–H and O–H groups in total. The summed E-state index contributed by atoms with van der Waals surface area (Å²) < 4.78 is 26.5. The molecule has 0 radical (unpaired) electrons. The van der Waals surface area contributed by atoms with E-state index in [1.165, 1.54) is 17.8 Å². The van der Waals surface area contributed by atoms with Gasteiger partial charge >= 0.3 is 0 Å². The van der Waals surface area contributed by atoms with Gasteiger partial charge in [0.25, 0.3) is 10.0 Å². The Bertz CT molecular complexity index is 657. The van der Waals surface area contributed by atoms with E-state index in [1.807, 2.05) is 30.3 Å². The molecule has 1 heterocycles. The molecule has 2 aromatic rings. The highest BCUT2D eigenvalue weighted by molar-refractivity contribution is 7.89. The molecule has 0 aliphatic carbocycles. The fraction of sp³-hybridized carbons (Fsp3) is 0.214. The van der Waals surface area contributed by atoms with Crippen LogP contribution < -0.4 is 10.5 Å². The van der Waals surface area contributed by atoms with Gasteiger partial charge in [-0.05, 0) is 30.5 Å². The summed E-state index contributed by atoms with van der Waals surface area (Å²) in [6.07, 6.45) is 2.95. The Morgan fingerprint density at radius 2 is 1.85 bits per heavy atom. The van der Waals surface area contributed by atoms with Crippen molar-refractivity contribution in [3.63, 3.8) is 0 Å². The first-order valence-corrected chi connectivity index (χ1v) is 7.82. The highest BCUT2D eigenvalue weighted by Crippen LogP contribution is 2.13. The average Bonchev–Trinajstić information content (AvgIpc) is 2.45. The van der Waals surface area contributed by atoms with Crippen molar-refractivity contribution in [3.05, 3.63) is 54.2 Å². The SMILES string of the molecule is Nc1cccnc1S(=O)(=O)NCCCc1ccccc1. The Balaban J connectivity index is 1.89. The van der Waals surface area contributed by atoms with Gasteiger partial charge in [0.05, 0.1) is 5.69 Å². The minimum Gasteiger partial charge on any atom is -0.396 e. The van der Waals surface area contributed by atoms with Crippen molar-refractivity contribution in [1.82, 2.24) is 9.71 Å². The number of sulfonamides is 1. The number of nitrogen functional groups attached to an aromatic ring is 1. The maximum atomic E-state index is 12.0. The van der Waals surface area contributed by atoms with Gasteiger partial charge in [0.2, 0.25) is 0 Å². The second-order valence-electron chi connectivity index (χ2n) is 4.38. The number of nitrogens with one attached hydrogen (secondary N) is 1. The average molecular weight is 291 g/mol. The van der Waals surface area contributed by atoms with Crippen LogP contribution in [0.4, 0.5) is 5.69 Å². The quantitative estimate of drug-likeness (QED) is 0.791. The molecule has 0 aliphatic heterocycles. The van der Waals surface area contributed by atoms with Gasteiger partial charge in [-0.3, -0.25) is 0 Å². The fourth-order valence-electron chi connectivity index (χ4n) is 1.84. The minimum atomic E-state index is -3.63. The summed E-state index contributed by atoms with van der Waals surface area (Å²) in [4.78, 5) is 3.81. The molecule has 0 bridgehead atoms. The predicted octanol–water partition coefficient (Wildman–Crippen LogP) is 1.57. The number of aromatic nitrogens is 1. The van der Waals surface area contributed by atoms with Gasteiger partial charge in [0.15, 0.2) is 5.03 Å². The zero-order chi connectivity index (χ0) is 14.4. The number of nitrogens with two attached hydrogens (primary N) is 1. The number of anilines is 1. The van der Waals surface area contributed by atoms with Gasteiger partial charge < -0.3 is 5.73 Å². The zero-order valence-electron chi connectivity index (χ0n) is 11.0. The maximum absolute atomic E-state index is 12.0. The molecule has 2 rings (SSSR count). The van der Waals surface area contributed by atoms with E-state index in [0.29, 0.717) is 6.54 Å². The summed E-state index contributed by atoms with van der Waals surface area (Å²) in [7, 11) is -3.63. The monoisotopic (exact) mass is 291 g/mol. The number of benzene rings is 1. The topological polar surface area (TPSA) is 85.1 Å². The van der Waals surface area contributed by atoms with Gasteiger partial charge in [0, 0.05) is 12.7 Å². The van der Waals surface area contributed by atoms with Crippen molar-refractivity contribution in [2.45, 2.75) is 17.9 Å². The molecule has 0 unspecified atom stereocenters. The Hall–Kier alpha value is -1.92. The second-order valence-corrected chi connectivity index (χ2v) is 6.07. The lowest BCUT2D eigenvalue weighted by Crippen LogP contribution is -2.26. The summed E-state index contributed by atoms with van der Waals surface area (Å²) in [5.74, 6) is 0. The largest absolute Gasteiger partial charge is 0.396 e. The van der Waals surface area contributed by atoms with Crippen molar-refractivity contribution < 1.29 is 8.42 Å². The summed E-state index contributed by atoms with van der Waals surface area (Å²) in [6.45, 7) is 0.354. The molecular weight excluding hydrogens is 274 g/mol. The molecule has 0 saturated carbocycles. The van der Waals surface area contributed by atoms with Crippen molar-refractivity contribution in [2.75, 3.05) is 12.3 Å². The van der Waals surface area contributed by atoms with E-state index in [1.54, 1.807) is 6.07 Å². The predicted molar refractivity (Wildman–Crippen MR) is 78.6 cm³/mol. The molecule has 0 spiro atoms. The van der Waals surface area contributed by atoms with Crippen LogP contribution >= 0.6 is 0 Å². The molecule has 20 heavy (non-hydrogen) atoms. The summed E-state index contributed by atoms with van der Waals surface area (Å²) in [6, 6.07) is 13.0. The second kappa shape index (κ2) is 6.49. The highest BCUT2D eigenvalue weighted by atomic mass is 32.2. The van der Waals surface area contributed by atoms with Gasteiger partial charge in [-0.25, -0.2) is 18.1 Å². The number of rotatable bonds is 6. The van der Waals surface area contributed by atoms with Gasteiger partial charge in [-0.15, -0.1) is 0 Å². The Morgan fingerprint density at radius 3 is 2.55 bits per heavy atom. The number of nitrogens with zero attached hydrogens (tertiary/aromatic N) is 1. The maximum Gasteiger partial charge on any atom is 0.260 e. The van der Waals surface area contributed by atoms with Crippen LogP contribution in [-0.2, 0) is 16.4 Å². The third-order valence-corrected chi connectivity index (χ3v) is 4.27. The van der Waals surface area contributed by atoms with Crippen LogP contribution in [0.15, 0.2) is 53.7 Å². The highest BCUT2D eigenvalue weighted by Gasteiger charge is 2.17. The molecule has 6 heteroatoms. The van der Waals surface area contributed by atoms with Crippen LogP contribution in [0.3, 0.4) is 0 Å². The normalized spacial score (nSPS) is 11.4. The first-order chi connectivity index (χ1) is 9.59.